The topological polar surface area (TPSA) is 67.5 Å². The Balaban J connectivity index is 1.41. The van der Waals surface area contributed by atoms with Crippen LogP contribution in [0.25, 0.3) is 0 Å². The van der Waals surface area contributed by atoms with Gasteiger partial charge in [-0.2, -0.15) is 0 Å². The molecule has 0 spiro atoms. The highest BCUT2D eigenvalue weighted by molar-refractivity contribution is 6.05. The number of nitrogens with zero attached hydrogens (tertiary/aromatic N) is 1. The Labute approximate surface area is 156 Å². The number of amides is 1. The molecule has 0 radical (unpaired) electrons. The summed E-state index contributed by atoms with van der Waals surface area (Å²) in [5.41, 5.74) is 7.83. The number of aliphatic imine (C=N–C) groups is 1. The number of primary amides is 1. The summed E-state index contributed by atoms with van der Waals surface area (Å²) in [4.78, 5) is 16.4. The first-order valence-electron chi connectivity index (χ1n) is 10.0. The third-order valence-corrected chi connectivity index (χ3v) is 6.32. The molecule has 0 aromatic carbocycles. The molecule has 0 aromatic heterocycles. The van der Waals surface area contributed by atoms with Gasteiger partial charge in [-0.1, -0.05) is 56.4 Å². The van der Waals surface area contributed by atoms with Crippen LogP contribution in [-0.4, -0.2) is 17.3 Å². The van der Waals surface area contributed by atoms with Gasteiger partial charge in [0.15, 0.2) is 0 Å². The van der Waals surface area contributed by atoms with Gasteiger partial charge < -0.3 is 11.1 Å². The summed E-state index contributed by atoms with van der Waals surface area (Å²) < 4.78 is 0. The maximum atomic E-state index is 11.5. The molecule has 0 aromatic rings. The molecule has 1 fully saturated rings. The van der Waals surface area contributed by atoms with Gasteiger partial charge in [0.1, 0.15) is 11.4 Å². The normalized spacial score (nSPS) is 31.3. The van der Waals surface area contributed by atoms with E-state index in [1.54, 1.807) is 0 Å². The van der Waals surface area contributed by atoms with Crippen molar-refractivity contribution >= 4 is 11.7 Å². The second kappa shape index (κ2) is 6.90. The molecule has 2 unspecified atom stereocenters. The minimum absolute atomic E-state index is 0.304. The van der Waals surface area contributed by atoms with Crippen LogP contribution in [0.2, 0.25) is 0 Å². The number of allylic oxidation sites excluding steroid dienone is 2. The quantitative estimate of drug-likeness (QED) is 0.806. The lowest BCUT2D eigenvalue weighted by Gasteiger charge is -2.26. The first kappa shape index (κ1) is 17.3. The summed E-state index contributed by atoms with van der Waals surface area (Å²) >= 11 is 0. The Morgan fingerprint density at radius 2 is 2.12 bits per heavy atom. The lowest BCUT2D eigenvalue weighted by atomic mass is 9.80. The maximum absolute atomic E-state index is 11.5. The Kier molecular flexibility index (Phi) is 4.60. The van der Waals surface area contributed by atoms with E-state index >= 15 is 0 Å². The fraction of sp³-hybridized carbons (Fsp3) is 0.545. The summed E-state index contributed by atoms with van der Waals surface area (Å²) in [5, 5.41) is 3.43. The monoisotopic (exact) mass is 351 g/mol. The van der Waals surface area contributed by atoms with Gasteiger partial charge in [0.2, 0.25) is 5.91 Å². The van der Waals surface area contributed by atoms with Crippen molar-refractivity contribution in [3.8, 4) is 0 Å². The molecular weight excluding hydrogens is 322 g/mol. The molecule has 0 bridgehead atoms. The molecular formula is C22H29N3O. The third kappa shape index (κ3) is 3.42. The average Bonchev–Trinajstić information content (AvgIpc) is 2.99. The number of fused-ring (bicyclic) bond motifs is 1. The van der Waals surface area contributed by atoms with Crippen molar-refractivity contribution < 1.29 is 4.79 Å². The minimum Gasteiger partial charge on any atom is -0.366 e. The van der Waals surface area contributed by atoms with Crippen molar-refractivity contribution in [2.75, 3.05) is 0 Å². The predicted octanol–water partition coefficient (Wildman–Crippen LogP) is 3.92. The Bertz CT molecular complexity index is 749. The Morgan fingerprint density at radius 3 is 2.81 bits per heavy atom. The first-order chi connectivity index (χ1) is 12.5. The van der Waals surface area contributed by atoms with E-state index in [1.165, 1.54) is 44.1 Å². The highest BCUT2D eigenvalue weighted by Crippen LogP contribution is 2.36. The average molecular weight is 351 g/mol. The second-order valence-corrected chi connectivity index (χ2v) is 8.40. The zero-order chi connectivity index (χ0) is 18.1. The zero-order valence-corrected chi connectivity index (χ0v) is 15.6. The molecule has 4 heteroatoms. The predicted molar refractivity (Wildman–Crippen MR) is 105 cm³/mol. The van der Waals surface area contributed by atoms with Gasteiger partial charge in [0.05, 0.1) is 0 Å². The highest BCUT2D eigenvalue weighted by atomic mass is 16.1. The lowest BCUT2D eigenvalue weighted by molar-refractivity contribution is -0.114. The molecule has 1 heterocycles. The number of hydrogen-bond donors (Lipinski definition) is 2. The Hall–Kier alpha value is -2.10. The van der Waals surface area contributed by atoms with Crippen molar-refractivity contribution in [2.45, 2.75) is 63.8 Å². The summed E-state index contributed by atoms with van der Waals surface area (Å²) in [6.07, 6.45) is 20.9. The van der Waals surface area contributed by atoms with Gasteiger partial charge in [-0.15, -0.1) is 0 Å². The Morgan fingerprint density at radius 1 is 1.31 bits per heavy atom. The zero-order valence-electron chi connectivity index (χ0n) is 15.6. The van der Waals surface area contributed by atoms with E-state index in [4.69, 9.17) is 10.7 Å². The summed E-state index contributed by atoms with van der Waals surface area (Å²) in [6.45, 7) is 2.10. The number of amidine groups is 1. The maximum Gasteiger partial charge on any atom is 0.248 e. The van der Waals surface area contributed by atoms with Crippen molar-refractivity contribution in [2.24, 2.45) is 22.6 Å². The summed E-state index contributed by atoms with van der Waals surface area (Å²) in [6, 6.07) is 0. The first-order valence-corrected chi connectivity index (χ1v) is 10.0. The van der Waals surface area contributed by atoms with Gasteiger partial charge >= 0.3 is 0 Å². The van der Waals surface area contributed by atoms with Gasteiger partial charge in [-0.3, -0.25) is 9.79 Å². The number of carbonyl (C=O) groups excluding carboxylic acids is 1. The SMILES string of the molecule is CC12CC=C(C(N)=O)C=C1NC(C1=CCC(CC3CCCCC3)C=C1)=N2. The van der Waals surface area contributed by atoms with Crippen molar-refractivity contribution in [1.29, 1.82) is 0 Å². The minimum atomic E-state index is -0.378. The van der Waals surface area contributed by atoms with E-state index < -0.39 is 0 Å². The standard InChI is InChI=1S/C22H29N3O/c1-22-12-11-18(20(23)26)14-19(22)24-21(25-22)17-9-7-16(8-10-17)13-15-5-3-2-4-6-15/h7,9-11,14-16H,2-6,8,12-13H2,1H3,(H2,23,26)(H,24,25). The van der Waals surface area contributed by atoms with Crippen LogP contribution >= 0.6 is 0 Å². The van der Waals surface area contributed by atoms with Gasteiger partial charge in [0.25, 0.3) is 0 Å². The van der Waals surface area contributed by atoms with Crippen LogP contribution in [-0.2, 0) is 4.79 Å². The molecule has 138 valence electrons. The van der Waals surface area contributed by atoms with Gasteiger partial charge in [0, 0.05) is 16.8 Å². The largest absolute Gasteiger partial charge is 0.366 e. The summed E-state index contributed by atoms with van der Waals surface area (Å²) in [5.74, 6) is 2.13. The fourth-order valence-corrected chi connectivity index (χ4v) is 4.64. The van der Waals surface area contributed by atoms with Crippen LogP contribution in [0.5, 0.6) is 0 Å². The smallest absolute Gasteiger partial charge is 0.248 e. The van der Waals surface area contributed by atoms with Gasteiger partial charge in [-0.25, -0.2) is 0 Å². The van der Waals surface area contributed by atoms with Crippen molar-refractivity contribution in [1.82, 2.24) is 5.32 Å². The lowest BCUT2D eigenvalue weighted by Crippen LogP contribution is -2.30. The van der Waals surface area contributed by atoms with Crippen molar-refractivity contribution in [3.63, 3.8) is 0 Å². The molecule has 3 aliphatic carbocycles. The molecule has 3 N–H and O–H groups in total. The van der Waals surface area contributed by atoms with E-state index in [9.17, 15) is 4.79 Å². The molecule has 0 saturated heterocycles. The van der Waals surface area contributed by atoms with Crippen LogP contribution in [0.15, 0.2) is 52.2 Å². The fourth-order valence-electron chi connectivity index (χ4n) is 4.64. The number of rotatable bonds is 4. The second-order valence-electron chi connectivity index (χ2n) is 8.40. The molecule has 1 aliphatic heterocycles. The van der Waals surface area contributed by atoms with Crippen molar-refractivity contribution in [3.05, 3.63) is 47.2 Å². The van der Waals surface area contributed by atoms with Gasteiger partial charge in [-0.05, 0) is 44.1 Å². The van der Waals surface area contributed by atoms with Crippen LogP contribution in [0.1, 0.15) is 58.3 Å². The number of carbonyl (C=O) groups is 1. The molecule has 4 aliphatic rings. The highest BCUT2D eigenvalue weighted by Gasteiger charge is 2.37. The number of nitrogens with two attached hydrogens (primary N) is 1. The molecule has 1 amide bonds. The number of hydrogen-bond acceptors (Lipinski definition) is 3. The van der Waals surface area contributed by atoms with Crippen LogP contribution in [0, 0.1) is 11.8 Å². The van der Waals surface area contributed by atoms with E-state index in [0.717, 1.165) is 23.9 Å². The van der Waals surface area contributed by atoms with E-state index in [0.29, 0.717) is 17.9 Å². The number of nitrogens with one attached hydrogen (secondary N) is 1. The molecule has 4 rings (SSSR count). The third-order valence-electron chi connectivity index (χ3n) is 6.32. The molecule has 2 atom stereocenters. The van der Waals surface area contributed by atoms with Crippen LogP contribution in [0.3, 0.4) is 0 Å². The van der Waals surface area contributed by atoms with E-state index in [-0.39, 0.29) is 11.4 Å². The molecule has 1 saturated carbocycles. The van der Waals surface area contributed by atoms with Crippen LogP contribution < -0.4 is 11.1 Å². The van der Waals surface area contributed by atoms with E-state index in [2.05, 4.69) is 30.5 Å². The summed E-state index contributed by atoms with van der Waals surface area (Å²) in [7, 11) is 0. The molecule has 4 nitrogen and oxygen atoms in total. The van der Waals surface area contributed by atoms with E-state index in [1.807, 2.05) is 12.2 Å². The molecule has 26 heavy (non-hydrogen) atoms. The van der Waals surface area contributed by atoms with Crippen LogP contribution in [0.4, 0.5) is 0 Å².